The zero-order valence-corrected chi connectivity index (χ0v) is 28.1. The Balaban J connectivity index is 1.50. The third-order valence-corrected chi connectivity index (χ3v) is 11.2. The molecule has 47 heavy (non-hydrogen) atoms. The number of amides is 2. The third-order valence-electron chi connectivity index (χ3n) is 9.05. The third kappa shape index (κ3) is 7.12. The van der Waals surface area contributed by atoms with Gasteiger partial charge < -0.3 is 30.0 Å². The van der Waals surface area contributed by atoms with Crippen LogP contribution in [0, 0.1) is 0 Å². The van der Waals surface area contributed by atoms with E-state index < -0.39 is 52.8 Å². The smallest absolute Gasteiger partial charge is 0.464 e. The van der Waals surface area contributed by atoms with Gasteiger partial charge in [0.2, 0.25) is 5.91 Å². The first kappa shape index (κ1) is 34.7. The maximum atomic E-state index is 14.7. The van der Waals surface area contributed by atoms with Crippen LogP contribution in [-0.2, 0) is 49.3 Å². The highest BCUT2D eigenvalue weighted by atomic mass is 32.2. The Morgan fingerprint density at radius 3 is 2.43 bits per heavy atom. The molecule has 2 amide bonds. The number of methoxy groups -OCH3 is 1. The number of nitrogens with two attached hydrogens (primary N) is 1. The Hall–Kier alpha value is -3.66. The van der Waals surface area contributed by atoms with Crippen LogP contribution >= 0.6 is 23.1 Å². The van der Waals surface area contributed by atoms with E-state index >= 15 is 0 Å². The topological polar surface area (TPSA) is 194 Å². The first-order valence-corrected chi connectivity index (χ1v) is 17.7. The Morgan fingerprint density at radius 2 is 1.79 bits per heavy atom. The molecule has 1 aromatic rings. The highest BCUT2D eigenvalue weighted by molar-refractivity contribution is 8.00. The normalized spacial score (nSPS) is 24.0. The molecule has 5 rings (SSSR count). The van der Waals surface area contributed by atoms with Gasteiger partial charge in [0.1, 0.15) is 36.0 Å². The van der Waals surface area contributed by atoms with Gasteiger partial charge in [0, 0.05) is 16.7 Å². The summed E-state index contributed by atoms with van der Waals surface area (Å²) in [5.74, 6) is -3.07. The SMILES string of the molecule is COC(=O)C1=C(COC(=O)CC(C)=O)CS[C@@H]2N1C(=O)[C@]2(NC(=O)Cc1csc(N)n1)C1(OC(=O)OC2CCCCC2)CCCCC1. The molecule has 1 saturated heterocycles. The first-order valence-electron chi connectivity index (χ1n) is 15.8. The number of nitrogens with zero attached hydrogens (tertiary/aromatic N) is 2. The number of fused-ring (bicyclic) bond motifs is 1. The quantitative estimate of drug-likeness (QED) is 0.149. The Bertz CT molecular complexity index is 1450. The van der Waals surface area contributed by atoms with E-state index in [-0.39, 0.29) is 54.3 Å². The van der Waals surface area contributed by atoms with Gasteiger partial charge in [-0.2, -0.15) is 0 Å². The van der Waals surface area contributed by atoms with E-state index in [2.05, 4.69) is 10.3 Å². The number of carbonyl (C=O) groups is 6. The molecule has 0 spiro atoms. The van der Waals surface area contributed by atoms with Gasteiger partial charge in [0.15, 0.2) is 16.3 Å². The average Bonchev–Trinajstić information content (AvgIpc) is 3.45. The summed E-state index contributed by atoms with van der Waals surface area (Å²) in [5.41, 5.74) is 3.13. The number of esters is 2. The fourth-order valence-corrected chi connectivity index (χ4v) is 9.04. The van der Waals surface area contributed by atoms with Crippen LogP contribution in [0.2, 0.25) is 0 Å². The average molecular weight is 693 g/mol. The molecule has 2 saturated carbocycles. The van der Waals surface area contributed by atoms with Crippen LogP contribution in [-0.4, -0.2) is 87.7 Å². The number of rotatable bonds is 11. The van der Waals surface area contributed by atoms with Crippen molar-refractivity contribution in [2.75, 3.05) is 25.2 Å². The van der Waals surface area contributed by atoms with Crippen molar-refractivity contribution in [3.05, 3.63) is 22.3 Å². The van der Waals surface area contributed by atoms with E-state index in [4.69, 9.17) is 24.7 Å². The summed E-state index contributed by atoms with van der Waals surface area (Å²) in [4.78, 5) is 83.9. The molecule has 3 N–H and O–H groups in total. The fraction of sp³-hybridized carbons (Fsp3) is 0.645. The van der Waals surface area contributed by atoms with E-state index in [1.54, 1.807) is 5.38 Å². The van der Waals surface area contributed by atoms with Crippen molar-refractivity contribution in [1.29, 1.82) is 0 Å². The van der Waals surface area contributed by atoms with E-state index in [9.17, 15) is 28.8 Å². The molecule has 0 bridgehead atoms. The summed E-state index contributed by atoms with van der Waals surface area (Å²) in [7, 11) is 1.16. The minimum atomic E-state index is -1.77. The maximum absolute atomic E-state index is 14.7. The van der Waals surface area contributed by atoms with Crippen molar-refractivity contribution < 1.29 is 47.7 Å². The number of thiazole rings is 1. The number of nitrogens with one attached hydrogen (secondary N) is 1. The lowest BCUT2D eigenvalue weighted by molar-refractivity contribution is -0.191. The second-order valence-corrected chi connectivity index (χ2v) is 14.3. The van der Waals surface area contributed by atoms with Gasteiger partial charge in [-0.25, -0.2) is 14.6 Å². The summed E-state index contributed by atoms with van der Waals surface area (Å²) in [6, 6.07) is 0. The number of thioether (sulfide) groups is 1. The molecule has 3 heterocycles. The maximum Gasteiger partial charge on any atom is 0.509 e. The lowest BCUT2D eigenvalue weighted by Crippen LogP contribution is -2.88. The lowest BCUT2D eigenvalue weighted by atomic mass is 9.64. The lowest BCUT2D eigenvalue weighted by Gasteiger charge is -2.63. The largest absolute Gasteiger partial charge is 0.509 e. The van der Waals surface area contributed by atoms with Gasteiger partial charge in [0.25, 0.3) is 5.91 Å². The monoisotopic (exact) mass is 692 g/mol. The number of β-lactam (4-membered cyclic amide) rings is 1. The van der Waals surface area contributed by atoms with Gasteiger partial charge >= 0.3 is 18.1 Å². The Morgan fingerprint density at radius 1 is 1.09 bits per heavy atom. The Kier molecular flexibility index (Phi) is 10.8. The predicted octanol–water partition coefficient (Wildman–Crippen LogP) is 3.18. The summed E-state index contributed by atoms with van der Waals surface area (Å²) in [6.07, 6.45) is 5.22. The van der Waals surface area contributed by atoms with E-state index in [1.165, 1.54) is 34.9 Å². The molecule has 2 aliphatic carbocycles. The standard InChI is InChI=1S/C31H40N4O10S2/c1-18(36)13-23(38)43-15-19-16-46-27-31(26(40)35(27)24(19)25(39)42-2,34-22(37)14-20-17-47-28(32)33-20)30(11-7-4-8-12-30)45-29(41)44-21-9-5-3-6-10-21/h17,21,27H,3-16H2,1-2H3,(H2,32,33)(H,34,37)/t27-,31+/m0/s1. The molecule has 0 radical (unpaired) electrons. The molecule has 16 heteroatoms. The number of carbonyl (C=O) groups excluding carboxylic acids is 6. The van der Waals surface area contributed by atoms with Crippen LogP contribution in [0.15, 0.2) is 16.7 Å². The fourth-order valence-electron chi connectivity index (χ4n) is 6.92. The van der Waals surface area contributed by atoms with Gasteiger partial charge in [-0.05, 0) is 58.3 Å². The predicted molar refractivity (Wildman–Crippen MR) is 170 cm³/mol. The van der Waals surface area contributed by atoms with Crippen LogP contribution in [0.3, 0.4) is 0 Å². The van der Waals surface area contributed by atoms with Crippen molar-refractivity contribution in [3.63, 3.8) is 0 Å². The minimum Gasteiger partial charge on any atom is -0.464 e. The van der Waals surface area contributed by atoms with Crippen molar-refractivity contribution >= 4 is 63.9 Å². The van der Waals surface area contributed by atoms with Crippen molar-refractivity contribution in [1.82, 2.24) is 15.2 Å². The molecule has 2 aliphatic heterocycles. The van der Waals surface area contributed by atoms with Crippen LogP contribution in [0.4, 0.5) is 9.93 Å². The van der Waals surface area contributed by atoms with Crippen LogP contribution in [0.1, 0.15) is 83.2 Å². The number of anilines is 1. The van der Waals surface area contributed by atoms with Crippen molar-refractivity contribution in [2.45, 2.75) is 107 Å². The number of hydrogen-bond donors (Lipinski definition) is 2. The second kappa shape index (κ2) is 14.6. The van der Waals surface area contributed by atoms with Gasteiger partial charge in [-0.3, -0.25) is 24.1 Å². The number of ether oxygens (including phenoxy) is 4. The molecule has 14 nitrogen and oxygen atoms in total. The molecule has 0 unspecified atom stereocenters. The molecule has 2 atom stereocenters. The molecule has 1 aromatic heterocycles. The summed E-state index contributed by atoms with van der Waals surface area (Å²) < 4.78 is 22.3. The zero-order chi connectivity index (χ0) is 33.8. The van der Waals surface area contributed by atoms with Crippen molar-refractivity contribution in [2.24, 2.45) is 0 Å². The number of Topliss-reactive ketones (excluding diaryl/α,β-unsaturated/α-hetero) is 1. The highest BCUT2D eigenvalue weighted by Gasteiger charge is 2.75. The summed E-state index contributed by atoms with van der Waals surface area (Å²) >= 11 is 2.42. The van der Waals surface area contributed by atoms with E-state index in [0.717, 1.165) is 45.6 Å². The number of hydrogen-bond acceptors (Lipinski definition) is 14. The molecule has 256 valence electrons. The van der Waals surface area contributed by atoms with Gasteiger partial charge in [0.05, 0.1) is 19.2 Å². The summed E-state index contributed by atoms with van der Waals surface area (Å²) in [6.45, 7) is 0.908. The molecular weight excluding hydrogens is 652 g/mol. The van der Waals surface area contributed by atoms with Crippen LogP contribution in [0.25, 0.3) is 0 Å². The van der Waals surface area contributed by atoms with Crippen molar-refractivity contribution in [3.8, 4) is 0 Å². The molecule has 3 fully saturated rings. The Labute approximate surface area is 280 Å². The minimum absolute atomic E-state index is 0.120. The number of nitrogen functional groups attached to an aromatic ring is 1. The second-order valence-electron chi connectivity index (χ2n) is 12.3. The molecular formula is C31H40N4O10S2. The van der Waals surface area contributed by atoms with E-state index in [0.29, 0.717) is 24.1 Å². The van der Waals surface area contributed by atoms with Crippen LogP contribution in [0.5, 0.6) is 0 Å². The van der Waals surface area contributed by atoms with Gasteiger partial charge in [-0.1, -0.05) is 12.8 Å². The van der Waals surface area contributed by atoms with Gasteiger partial charge in [-0.15, -0.1) is 23.1 Å². The summed E-state index contributed by atoms with van der Waals surface area (Å²) in [5, 5.41) is 4.02. The zero-order valence-electron chi connectivity index (χ0n) is 26.5. The molecule has 4 aliphatic rings. The highest BCUT2D eigenvalue weighted by Crippen LogP contribution is 2.56. The molecule has 0 aromatic carbocycles. The number of ketones is 1. The first-order chi connectivity index (χ1) is 22.5. The van der Waals surface area contributed by atoms with E-state index in [1.807, 2.05) is 0 Å². The van der Waals surface area contributed by atoms with Crippen LogP contribution < -0.4 is 11.1 Å². The number of aromatic nitrogens is 1.